The van der Waals surface area contributed by atoms with E-state index in [1.807, 2.05) is 24.3 Å². The van der Waals surface area contributed by atoms with E-state index in [9.17, 15) is 18.8 Å². The molecule has 2 aromatic heterocycles. The highest BCUT2D eigenvalue weighted by molar-refractivity contribution is 6.02. The Morgan fingerprint density at radius 3 is 2.29 bits per heavy atom. The van der Waals surface area contributed by atoms with Gasteiger partial charge in [-0.1, -0.05) is 38.1 Å². The summed E-state index contributed by atoms with van der Waals surface area (Å²) in [5.74, 6) is -1.58. The fraction of sp³-hybridized carbons (Fsp3) is 0.240. The number of hydrogen-bond donors (Lipinski definition) is 1. The first-order valence-corrected chi connectivity index (χ1v) is 11.1. The highest BCUT2D eigenvalue weighted by Gasteiger charge is 2.25. The van der Waals surface area contributed by atoms with E-state index in [0.717, 1.165) is 10.1 Å². The lowest BCUT2D eigenvalue weighted by molar-refractivity contribution is -0.143. The Labute approximate surface area is 200 Å². The third-order valence-corrected chi connectivity index (χ3v) is 5.52. The van der Waals surface area contributed by atoms with Crippen molar-refractivity contribution in [1.82, 2.24) is 19.1 Å². The Balaban J connectivity index is 2.03. The van der Waals surface area contributed by atoms with Crippen molar-refractivity contribution < 1.29 is 18.7 Å². The average molecular weight is 477 g/mol. The zero-order valence-corrected chi connectivity index (χ0v) is 19.5. The Kier molecular flexibility index (Phi) is 6.46. The summed E-state index contributed by atoms with van der Waals surface area (Å²) in [6.07, 6.45) is 0. The van der Waals surface area contributed by atoms with Crippen LogP contribution in [-0.2, 0) is 16.1 Å². The molecule has 0 spiro atoms. The number of amides is 1. The molecular formula is C25H24FN5O4. The van der Waals surface area contributed by atoms with Gasteiger partial charge >= 0.3 is 11.7 Å². The van der Waals surface area contributed by atoms with Crippen molar-refractivity contribution in [2.24, 2.45) is 5.73 Å². The third kappa shape index (κ3) is 4.54. The second-order valence-corrected chi connectivity index (χ2v) is 8.19. The van der Waals surface area contributed by atoms with Crippen LogP contribution in [0.3, 0.4) is 0 Å². The van der Waals surface area contributed by atoms with Gasteiger partial charge in [-0.05, 0) is 42.7 Å². The SMILES string of the molecule is CCOC(=O)Cn1c(=O)n(-c2ccc(F)cc2)c2nc(-c3ccc(C(C)C)cc3)nc(C(N)=O)c21. The number of aromatic nitrogens is 4. The summed E-state index contributed by atoms with van der Waals surface area (Å²) >= 11 is 0. The number of halogens is 1. The van der Waals surface area contributed by atoms with Crippen LogP contribution in [-0.4, -0.2) is 37.6 Å². The van der Waals surface area contributed by atoms with Gasteiger partial charge in [0.1, 0.15) is 17.9 Å². The number of imidazole rings is 1. The second-order valence-electron chi connectivity index (χ2n) is 8.19. The smallest absolute Gasteiger partial charge is 0.335 e. The predicted octanol–water partition coefficient (Wildman–Crippen LogP) is 3.17. The first-order chi connectivity index (χ1) is 16.7. The number of rotatable bonds is 7. The molecule has 0 aliphatic heterocycles. The lowest BCUT2D eigenvalue weighted by Crippen LogP contribution is -2.28. The molecule has 9 nitrogen and oxygen atoms in total. The Hall–Kier alpha value is -4.34. The molecule has 2 heterocycles. The van der Waals surface area contributed by atoms with Crippen LogP contribution in [0.25, 0.3) is 28.2 Å². The minimum Gasteiger partial charge on any atom is -0.465 e. The molecule has 0 saturated heterocycles. The van der Waals surface area contributed by atoms with Crippen molar-refractivity contribution in [2.75, 3.05) is 6.61 Å². The van der Waals surface area contributed by atoms with Gasteiger partial charge in [0, 0.05) is 5.56 Å². The van der Waals surface area contributed by atoms with Gasteiger partial charge in [-0.3, -0.25) is 14.2 Å². The molecule has 0 radical (unpaired) electrons. The fourth-order valence-corrected chi connectivity index (χ4v) is 3.78. The summed E-state index contributed by atoms with van der Waals surface area (Å²) in [6, 6.07) is 12.7. The highest BCUT2D eigenvalue weighted by Crippen LogP contribution is 2.25. The summed E-state index contributed by atoms with van der Waals surface area (Å²) < 4.78 is 20.8. The summed E-state index contributed by atoms with van der Waals surface area (Å²) in [4.78, 5) is 47.1. The van der Waals surface area contributed by atoms with Gasteiger partial charge < -0.3 is 10.5 Å². The number of nitrogens with zero attached hydrogens (tertiary/aromatic N) is 4. The molecular weight excluding hydrogens is 453 g/mol. The Morgan fingerprint density at radius 1 is 1.06 bits per heavy atom. The highest BCUT2D eigenvalue weighted by atomic mass is 19.1. The monoisotopic (exact) mass is 477 g/mol. The molecule has 0 atom stereocenters. The van der Waals surface area contributed by atoms with Gasteiger partial charge in [0.05, 0.1) is 12.3 Å². The maximum atomic E-state index is 13.6. The molecule has 0 aliphatic rings. The fourth-order valence-electron chi connectivity index (χ4n) is 3.78. The molecule has 0 unspecified atom stereocenters. The van der Waals surface area contributed by atoms with E-state index in [1.54, 1.807) is 6.92 Å². The lowest BCUT2D eigenvalue weighted by Gasteiger charge is -2.09. The van der Waals surface area contributed by atoms with Crippen LogP contribution in [0.5, 0.6) is 0 Å². The van der Waals surface area contributed by atoms with Gasteiger partial charge in [0.15, 0.2) is 17.2 Å². The van der Waals surface area contributed by atoms with Crippen molar-refractivity contribution in [3.63, 3.8) is 0 Å². The Morgan fingerprint density at radius 2 is 1.71 bits per heavy atom. The number of fused-ring (bicyclic) bond motifs is 1. The van der Waals surface area contributed by atoms with Crippen molar-refractivity contribution in [2.45, 2.75) is 33.2 Å². The molecule has 1 amide bonds. The lowest BCUT2D eigenvalue weighted by atomic mass is 10.0. The van der Waals surface area contributed by atoms with Crippen molar-refractivity contribution in [1.29, 1.82) is 0 Å². The first kappa shape index (κ1) is 23.8. The van der Waals surface area contributed by atoms with Gasteiger partial charge in [-0.2, -0.15) is 0 Å². The zero-order chi connectivity index (χ0) is 25.3. The number of hydrogen-bond acceptors (Lipinski definition) is 6. The van der Waals surface area contributed by atoms with E-state index in [-0.39, 0.29) is 29.3 Å². The largest absolute Gasteiger partial charge is 0.465 e. The zero-order valence-electron chi connectivity index (χ0n) is 19.5. The third-order valence-electron chi connectivity index (χ3n) is 5.52. The van der Waals surface area contributed by atoms with Gasteiger partial charge in [-0.25, -0.2) is 23.7 Å². The van der Waals surface area contributed by atoms with Crippen LogP contribution in [0, 0.1) is 5.82 Å². The molecule has 2 aromatic carbocycles. The standard InChI is InChI=1S/C25H24FN5O4/c1-4-35-19(32)13-30-21-20(22(27)33)28-23(16-7-5-15(6-8-16)14(2)3)29-24(21)31(25(30)34)18-11-9-17(26)10-12-18/h5-12,14H,4,13H2,1-3H3,(H2,27,33). The second kappa shape index (κ2) is 9.49. The number of ether oxygens (including phenoxy) is 1. The molecule has 0 saturated carbocycles. The summed E-state index contributed by atoms with van der Waals surface area (Å²) in [5.41, 5.74) is 6.79. The van der Waals surface area contributed by atoms with E-state index >= 15 is 0 Å². The molecule has 10 heteroatoms. The van der Waals surface area contributed by atoms with Gasteiger partial charge in [-0.15, -0.1) is 0 Å². The first-order valence-electron chi connectivity index (χ1n) is 11.1. The maximum absolute atomic E-state index is 13.6. The average Bonchev–Trinajstić information content (AvgIpc) is 3.10. The summed E-state index contributed by atoms with van der Waals surface area (Å²) in [7, 11) is 0. The molecule has 4 rings (SSSR count). The number of esters is 1. The summed E-state index contributed by atoms with van der Waals surface area (Å²) in [5, 5.41) is 0. The van der Waals surface area contributed by atoms with E-state index < -0.39 is 29.9 Å². The molecule has 0 fully saturated rings. The predicted molar refractivity (Wildman–Crippen MR) is 128 cm³/mol. The van der Waals surface area contributed by atoms with Crippen LogP contribution in [0.4, 0.5) is 4.39 Å². The number of nitrogens with two attached hydrogens (primary N) is 1. The number of primary amides is 1. The number of carbonyl (C=O) groups excluding carboxylic acids is 2. The number of benzene rings is 2. The number of carbonyl (C=O) groups is 2. The van der Waals surface area contributed by atoms with Crippen molar-refractivity contribution >= 4 is 23.0 Å². The van der Waals surface area contributed by atoms with Gasteiger partial charge in [0.25, 0.3) is 5.91 Å². The molecule has 2 N–H and O–H groups in total. The normalized spacial score (nSPS) is 11.2. The molecule has 0 bridgehead atoms. The van der Waals surface area contributed by atoms with Crippen LogP contribution >= 0.6 is 0 Å². The quantitative estimate of drug-likeness (QED) is 0.408. The van der Waals surface area contributed by atoms with Crippen molar-refractivity contribution in [3.05, 3.63) is 76.1 Å². The van der Waals surface area contributed by atoms with E-state index in [4.69, 9.17) is 10.5 Å². The van der Waals surface area contributed by atoms with Crippen LogP contribution in [0.2, 0.25) is 0 Å². The van der Waals surface area contributed by atoms with E-state index in [0.29, 0.717) is 17.2 Å². The molecule has 180 valence electrons. The van der Waals surface area contributed by atoms with Crippen LogP contribution in [0.15, 0.2) is 53.3 Å². The van der Waals surface area contributed by atoms with Crippen LogP contribution in [0.1, 0.15) is 42.7 Å². The maximum Gasteiger partial charge on any atom is 0.335 e. The molecule has 35 heavy (non-hydrogen) atoms. The molecule has 0 aliphatic carbocycles. The van der Waals surface area contributed by atoms with Crippen molar-refractivity contribution in [3.8, 4) is 17.1 Å². The molecule has 4 aromatic rings. The van der Waals surface area contributed by atoms with E-state index in [2.05, 4.69) is 23.8 Å². The van der Waals surface area contributed by atoms with E-state index in [1.165, 1.54) is 28.8 Å². The van der Waals surface area contributed by atoms with Gasteiger partial charge in [0.2, 0.25) is 0 Å². The minimum absolute atomic E-state index is 0.0116. The summed E-state index contributed by atoms with van der Waals surface area (Å²) in [6.45, 7) is 5.40. The van der Waals surface area contributed by atoms with Crippen LogP contribution < -0.4 is 11.4 Å². The topological polar surface area (TPSA) is 122 Å². The Bertz CT molecular complexity index is 1470. The minimum atomic E-state index is -0.897.